The zero-order valence-corrected chi connectivity index (χ0v) is 21.2. The first-order chi connectivity index (χ1) is 14.5. The molecule has 0 amide bonds. The number of carbonyl (C=O) groups is 1. The van der Waals surface area contributed by atoms with Crippen molar-refractivity contribution in [2.75, 3.05) is 34.2 Å². The van der Waals surface area contributed by atoms with Crippen LogP contribution in [0.4, 0.5) is 0 Å². The monoisotopic (exact) mass is 428 g/mol. The number of hydrogen-bond donors (Lipinski definition) is 2. The summed E-state index contributed by atoms with van der Waals surface area (Å²) in [4.78, 5) is 12.6. The molecular weight excluding hydrogens is 372 g/mol. The van der Waals surface area contributed by atoms with Crippen molar-refractivity contribution >= 4 is 5.97 Å². The van der Waals surface area contributed by atoms with E-state index in [0.717, 1.165) is 19.4 Å². The van der Waals surface area contributed by atoms with Gasteiger partial charge in [-0.2, -0.15) is 0 Å². The van der Waals surface area contributed by atoms with E-state index in [1.165, 1.54) is 109 Å². The molecule has 0 atom stereocenters. The van der Waals surface area contributed by atoms with Crippen LogP contribution in [0.15, 0.2) is 0 Å². The molecule has 0 aliphatic heterocycles. The molecule has 0 radical (unpaired) electrons. The number of aliphatic carboxylic acids is 1. The second kappa shape index (κ2) is 28.4. The number of rotatable bonds is 22. The number of nitrogens with one attached hydrogen (secondary N) is 1. The Hall–Kier alpha value is -0.610. The zero-order chi connectivity index (χ0) is 22.7. The predicted molar refractivity (Wildman–Crippen MR) is 134 cm³/mol. The highest BCUT2D eigenvalue weighted by atomic mass is 16.4. The van der Waals surface area contributed by atoms with E-state index in [1.807, 2.05) is 7.05 Å². The van der Waals surface area contributed by atoms with E-state index < -0.39 is 5.97 Å². The Labute approximate surface area is 189 Å². The molecule has 0 aliphatic carbocycles. The maximum atomic E-state index is 10.4. The largest absolute Gasteiger partial charge is 0.481 e. The highest BCUT2D eigenvalue weighted by Crippen LogP contribution is 2.14. The Balaban J connectivity index is 0. The standard InChI is InChI=1S/C20H40O2.C6H16N2/c1-2-3-4-5-6-7-8-9-10-11-12-13-14-15-16-17-18-19-20(21)22;1-7-5-4-6-8(2)3/h2-19H2,1H3,(H,21,22);7H,4-6H2,1-3H3. The topological polar surface area (TPSA) is 52.6 Å². The molecule has 0 fully saturated rings. The summed E-state index contributed by atoms with van der Waals surface area (Å²) in [6, 6.07) is 0. The van der Waals surface area contributed by atoms with E-state index in [2.05, 4.69) is 31.2 Å². The molecule has 0 aromatic heterocycles. The SMILES string of the molecule is CCCCCCCCCCCCCCCCCCCC(=O)O.CNCCCN(C)C. The average molecular weight is 429 g/mol. The minimum Gasteiger partial charge on any atom is -0.481 e. The lowest BCUT2D eigenvalue weighted by atomic mass is 10.0. The molecule has 2 N–H and O–H groups in total. The van der Waals surface area contributed by atoms with Crippen LogP contribution in [-0.2, 0) is 4.79 Å². The first-order valence-electron chi connectivity index (χ1n) is 13.1. The Morgan fingerprint density at radius 1 is 0.667 bits per heavy atom. The summed E-state index contributed by atoms with van der Waals surface area (Å²) >= 11 is 0. The maximum absolute atomic E-state index is 10.4. The van der Waals surface area contributed by atoms with Crippen molar-refractivity contribution in [2.24, 2.45) is 0 Å². The number of nitrogens with zero attached hydrogens (tertiary/aromatic N) is 1. The molecule has 30 heavy (non-hydrogen) atoms. The van der Waals surface area contributed by atoms with Crippen LogP contribution in [0.3, 0.4) is 0 Å². The molecule has 182 valence electrons. The normalized spacial score (nSPS) is 10.8. The van der Waals surface area contributed by atoms with Gasteiger partial charge < -0.3 is 15.3 Å². The Kier molecular flexibility index (Phi) is 29.9. The summed E-state index contributed by atoms with van der Waals surface area (Å²) in [5.41, 5.74) is 0. The van der Waals surface area contributed by atoms with Crippen LogP contribution in [-0.4, -0.2) is 50.2 Å². The van der Waals surface area contributed by atoms with Gasteiger partial charge in [-0.3, -0.25) is 4.79 Å². The third-order valence-electron chi connectivity index (χ3n) is 5.53. The first-order valence-corrected chi connectivity index (χ1v) is 13.1. The van der Waals surface area contributed by atoms with E-state index in [9.17, 15) is 4.79 Å². The lowest BCUT2D eigenvalue weighted by Gasteiger charge is -2.07. The van der Waals surface area contributed by atoms with Gasteiger partial charge in [0.05, 0.1) is 0 Å². The van der Waals surface area contributed by atoms with Gasteiger partial charge in [-0.15, -0.1) is 0 Å². The van der Waals surface area contributed by atoms with E-state index in [1.54, 1.807) is 0 Å². The summed E-state index contributed by atoms with van der Waals surface area (Å²) < 4.78 is 0. The third-order valence-corrected chi connectivity index (χ3v) is 5.53. The fourth-order valence-electron chi connectivity index (χ4n) is 3.57. The van der Waals surface area contributed by atoms with Crippen LogP contribution in [0.1, 0.15) is 129 Å². The van der Waals surface area contributed by atoms with Crippen molar-refractivity contribution in [1.82, 2.24) is 10.2 Å². The molecule has 0 saturated carbocycles. The molecule has 0 spiro atoms. The number of carboxylic acids is 1. The highest BCUT2D eigenvalue weighted by Gasteiger charge is 1.97. The van der Waals surface area contributed by atoms with Crippen LogP contribution in [0.5, 0.6) is 0 Å². The van der Waals surface area contributed by atoms with Crippen molar-refractivity contribution in [2.45, 2.75) is 129 Å². The molecule has 4 heteroatoms. The molecule has 0 bridgehead atoms. The molecule has 0 rings (SSSR count). The van der Waals surface area contributed by atoms with Crippen LogP contribution in [0, 0.1) is 0 Å². The van der Waals surface area contributed by atoms with E-state index in [-0.39, 0.29) is 0 Å². The van der Waals surface area contributed by atoms with Crippen molar-refractivity contribution in [1.29, 1.82) is 0 Å². The third kappa shape index (κ3) is 34.9. The summed E-state index contributed by atoms with van der Waals surface area (Å²) in [5, 5.41) is 11.6. The van der Waals surface area contributed by atoms with Crippen LogP contribution < -0.4 is 5.32 Å². The van der Waals surface area contributed by atoms with Gasteiger partial charge in [-0.25, -0.2) is 0 Å². The molecule has 0 aliphatic rings. The first kappa shape index (κ1) is 31.6. The van der Waals surface area contributed by atoms with Gasteiger partial charge in [-0.05, 0) is 47.1 Å². The van der Waals surface area contributed by atoms with E-state index in [0.29, 0.717) is 6.42 Å². The van der Waals surface area contributed by atoms with Crippen LogP contribution >= 0.6 is 0 Å². The molecule has 0 saturated heterocycles. The van der Waals surface area contributed by atoms with Gasteiger partial charge in [0.15, 0.2) is 0 Å². The molecule has 0 unspecified atom stereocenters. The van der Waals surface area contributed by atoms with Crippen molar-refractivity contribution in [3.63, 3.8) is 0 Å². The smallest absolute Gasteiger partial charge is 0.303 e. The van der Waals surface area contributed by atoms with E-state index in [4.69, 9.17) is 5.11 Å². The second-order valence-corrected chi connectivity index (χ2v) is 9.06. The van der Waals surface area contributed by atoms with Crippen LogP contribution in [0.25, 0.3) is 0 Å². The lowest BCUT2D eigenvalue weighted by Crippen LogP contribution is -2.18. The van der Waals surface area contributed by atoms with Gasteiger partial charge in [0.1, 0.15) is 0 Å². The van der Waals surface area contributed by atoms with Gasteiger partial charge in [0.2, 0.25) is 0 Å². The summed E-state index contributed by atoms with van der Waals surface area (Å²) in [7, 11) is 6.17. The Bertz CT molecular complexity index is 322. The molecule has 4 nitrogen and oxygen atoms in total. The predicted octanol–water partition coefficient (Wildman–Crippen LogP) is 7.27. The molecule has 0 heterocycles. The van der Waals surface area contributed by atoms with Gasteiger partial charge in [0, 0.05) is 6.42 Å². The summed E-state index contributed by atoms with van der Waals surface area (Å²) in [5.74, 6) is -0.652. The zero-order valence-electron chi connectivity index (χ0n) is 21.2. The fraction of sp³-hybridized carbons (Fsp3) is 0.962. The summed E-state index contributed by atoms with van der Waals surface area (Å²) in [6.07, 6.45) is 24.4. The fourth-order valence-corrected chi connectivity index (χ4v) is 3.57. The summed E-state index contributed by atoms with van der Waals surface area (Å²) in [6.45, 7) is 4.58. The average Bonchev–Trinajstić information content (AvgIpc) is 2.70. The maximum Gasteiger partial charge on any atom is 0.303 e. The van der Waals surface area contributed by atoms with E-state index >= 15 is 0 Å². The minimum atomic E-state index is -0.652. The molecule has 0 aromatic rings. The molecule has 0 aromatic carbocycles. The number of unbranched alkanes of at least 4 members (excludes halogenated alkanes) is 16. The van der Waals surface area contributed by atoms with Crippen molar-refractivity contribution in [3.8, 4) is 0 Å². The quantitative estimate of drug-likeness (QED) is 0.178. The van der Waals surface area contributed by atoms with Gasteiger partial charge in [-0.1, -0.05) is 110 Å². The Morgan fingerprint density at radius 3 is 1.33 bits per heavy atom. The molecular formula is C26H56N2O2. The number of hydrogen-bond acceptors (Lipinski definition) is 3. The van der Waals surface area contributed by atoms with Gasteiger partial charge >= 0.3 is 5.97 Å². The lowest BCUT2D eigenvalue weighted by molar-refractivity contribution is -0.137. The minimum absolute atomic E-state index is 0.346. The highest BCUT2D eigenvalue weighted by molar-refractivity contribution is 5.66. The van der Waals surface area contributed by atoms with Crippen LogP contribution in [0.2, 0.25) is 0 Å². The Morgan fingerprint density at radius 2 is 1.03 bits per heavy atom. The van der Waals surface area contributed by atoms with Crippen molar-refractivity contribution in [3.05, 3.63) is 0 Å². The van der Waals surface area contributed by atoms with Crippen molar-refractivity contribution < 1.29 is 9.90 Å². The van der Waals surface area contributed by atoms with Gasteiger partial charge in [0.25, 0.3) is 0 Å². The second-order valence-electron chi connectivity index (χ2n) is 9.06. The number of carboxylic acid groups (broad SMARTS) is 1.